The minimum Gasteiger partial charge on any atom is -0.375 e. The van der Waals surface area contributed by atoms with Crippen LogP contribution < -0.4 is 10.6 Å². The van der Waals surface area contributed by atoms with Crippen molar-refractivity contribution in [1.29, 1.82) is 0 Å². The van der Waals surface area contributed by atoms with Gasteiger partial charge in [0, 0.05) is 16.1 Å². The number of rotatable bonds is 1. The highest BCUT2D eigenvalue weighted by Gasteiger charge is 2.47. The van der Waals surface area contributed by atoms with E-state index in [4.69, 9.17) is 11.6 Å². The van der Waals surface area contributed by atoms with Crippen LogP contribution in [-0.4, -0.2) is 25.4 Å². The van der Waals surface area contributed by atoms with Gasteiger partial charge in [-0.1, -0.05) is 11.6 Å². The first-order valence-corrected chi connectivity index (χ1v) is 6.37. The largest absolute Gasteiger partial charge is 0.375 e. The summed E-state index contributed by atoms with van der Waals surface area (Å²) in [5.74, 6) is 0. The summed E-state index contributed by atoms with van der Waals surface area (Å²) in [5.41, 5.74) is 2.21. The van der Waals surface area contributed by atoms with Gasteiger partial charge < -0.3 is 15.4 Å². The molecule has 1 saturated heterocycles. The lowest BCUT2D eigenvalue weighted by molar-refractivity contribution is -0.109. The van der Waals surface area contributed by atoms with Crippen molar-refractivity contribution in [2.24, 2.45) is 0 Å². The third-order valence-electron chi connectivity index (χ3n) is 4.06. The third-order valence-corrected chi connectivity index (χ3v) is 4.29. The Morgan fingerprint density at radius 1 is 1.35 bits per heavy atom. The van der Waals surface area contributed by atoms with Gasteiger partial charge in [0.2, 0.25) is 0 Å². The standard InChI is InChI=1S/C13H15ClN2O/c14-9-1-2-11-10(7-9)13(12(8-17)16-11)3-5-15-6-4-13/h1-2,7-8,12,15-16H,3-6H2. The molecule has 0 radical (unpaired) electrons. The maximum Gasteiger partial charge on any atom is 0.143 e. The molecule has 1 unspecified atom stereocenters. The van der Waals surface area contributed by atoms with E-state index in [2.05, 4.69) is 10.6 Å². The quantitative estimate of drug-likeness (QED) is 0.749. The molecule has 1 aromatic rings. The van der Waals surface area contributed by atoms with Crippen LogP contribution in [0.5, 0.6) is 0 Å². The zero-order valence-corrected chi connectivity index (χ0v) is 10.3. The molecule has 0 saturated carbocycles. The average molecular weight is 251 g/mol. The van der Waals surface area contributed by atoms with Crippen molar-refractivity contribution in [2.45, 2.75) is 24.3 Å². The Morgan fingerprint density at radius 3 is 2.82 bits per heavy atom. The maximum atomic E-state index is 11.3. The second kappa shape index (κ2) is 4.00. The van der Waals surface area contributed by atoms with E-state index in [0.29, 0.717) is 0 Å². The van der Waals surface area contributed by atoms with Crippen LogP contribution in [0.3, 0.4) is 0 Å². The number of hydrogen-bond acceptors (Lipinski definition) is 3. The average Bonchev–Trinajstić information content (AvgIpc) is 2.65. The number of carbonyl (C=O) groups excluding carboxylic acids is 1. The van der Waals surface area contributed by atoms with Crippen molar-refractivity contribution in [3.05, 3.63) is 28.8 Å². The van der Waals surface area contributed by atoms with Crippen LogP contribution >= 0.6 is 11.6 Å². The number of halogens is 1. The van der Waals surface area contributed by atoms with Gasteiger partial charge in [-0.3, -0.25) is 0 Å². The highest BCUT2D eigenvalue weighted by atomic mass is 35.5. The Bertz CT molecular complexity index is 455. The summed E-state index contributed by atoms with van der Waals surface area (Å²) in [4.78, 5) is 11.3. The molecule has 0 aromatic heterocycles. The summed E-state index contributed by atoms with van der Waals surface area (Å²) < 4.78 is 0. The van der Waals surface area contributed by atoms with Gasteiger partial charge in [-0.25, -0.2) is 0 Å². The van der Waals surface area contributed by atoms with Crippen LogP contribution in [0, 0.1) is 0 Å². The van der Waals surface area contributed by atoms with Crippen LogP contribution in [-0.2, 0) is 10.2 Å². The number of aldehydes is 1. The summed E-state index contributed by atoms with van der Waals surface area (Å²) in [6, 6.07) is 5.75. The summed E-state index contributed by atoms with van der Waals surface area (Å²) in [5, 5.41) is 7.41. The molecule has 2 aliphatic heterocycles. The van der Waals surface area contributed by atoms with Crippen LogP contribution in [0.25, 0.3) is 0 Å². The third kappa shape index (κ3) is 1.57. The lowest BCUT2D eigenvalue weighted by Gasteiger charge is -2.37. The second-order valence-electron chi connectivity index (χ2n) is 4.85. The molecule has 2 aliphatic rings. The Morgan fingerprint density at radius 2 is 2.12 bits per heavy atom. The van der Waals surface area contributed by atoms with E-state index in [1.807, 2.05) is 18.2 Å². The van der Waals surface area contributed by atoms with Crippen molar-refractivity contribution in [3.8, 4) is 0 Å². The molecule has 17 heavy (non-hydrogen) atoms. The summed E-state index contributed by atoms with van der Waals surface area (Å²) >= 11 is 6.08. The first-order valence-electron chi connectivity index (χ1n) is 5.99. The molecule has 2 heterocycles. The lowest BCUT2D eigenvalue weighted by atomic mass is 9.70. The van der Waals surface area contributed by atoms with E-state index in [1.54, 1.807) is 0 Å². The Hall–Kier alpha value is -1.06. The highest BCUT2D eigenvalue weighted by Crippen LogP contribution is 2.47. The molecule has 0 amide bonds. The van der Waals surface area contributed by atoms with E-state index in [0.717, 1.165) is 42.9 Å². The molecule has 3 rings (SSSR count). The molecule has 1 atom stereocenters. The summed E-state index contributed by atoms with van der Waals surface area (Å²) in [6.45, 7) is 1.91. The minimum atomic E-state index is -0.113. The topological polar surface area (TPSA) is 41.1 Å². The van der Waals surface area contributed by atoms with Gasteiger partial charge in [-0.05, 0) is 49.7 Å². The van der Waals surface area contributed by atoms with E-state index in [-0.39, 0.29) is 11.5 Å². The van der Waals surface area contributed by atoms with E-state index in [1.165, 1.54) is 5.56 Å². The smallest absolute Gasteiger partial charge is 0.143 e. The first-order chi connectivity index (χ1) is 8.26. The lowest BCUT2D eigenvalue weighted by Crippen LogP contribution is -2.47. The van der Waals surface area contributed by atoms with Gasteiger partial charge in [0.15, 0.2) is 0 Å². The first kappa shape index (κ1) is 11.1. The Balaban J connectivity index is 2.11. The molecule has 1 aromatic carbocycles. The van der Waals surface area contributed by atoms with Gasteiger partial charge in [0.25, 0.3) is 0 Å². The van der Waals surface area contributed by atoms with Crippen molar-refractivity contribution in [2.75, 3.05) is 18.4 Å². The monoisotopic (exact) mass is 250 g/mol. The maximum absolute atomic E-state index is 11.3. The van der Waals surface area contributed by atoms with E-state index < -0.39 is 0 Å². The second-order valence-corrected chi connectivity index (χ2v) is 5.29. The SMILES string of the molecule is O=CC1Nc2ccc(Cl)cc2C12CCNCC2. The van der Waals surface area contributed by atoms with Crippen molar-refractivity contribution >= 4 is 23.6 Å². The fourth-order valence-electron chi connectivity index (χ4n) is 3.14. The molecule has 4 heteroatoms. The van der Waals surface area contributed by atoms with E-state index in [9.17, 15) is 4.79 Å². The number of benzene rings is 1. The zero-order valence-electron chi connectivity index (χ0n) is 9.50. The number of piperidine rings is 1. The fourth-order valence-corrected chi connectivity index (χ4v) is 3.32. The van der Waals surface area contributed by atoms with Gasteiger partial charge in [-0.15, -0.1) is 0 Å². The summed E-state index contributed by atoms with van der Waals surface area (Å²) in [6.07, 6.45) is 3.01. The van der Waals surface area contributed by atoms with Crippen molar-refractivity contribution in [1.82, 2.24) is 5.32 Å². The fraction of sp³-hybridized carbons (Fsp3) is 0.462. The number of nitrogens with one attached hydrogen (secondary N) is 2. The molecule has 3 nitrogen and oxygen atoms in total. The molecular weight excluding hydrogens is 236 g/mol. The summed E-state index contributed by atoms with van der Waals surface area (Å²) in [7, 11) is 0. The molecule has 1 spiro atoms. The Kier molecular flexibility index (Phi) is 2.60. The van der Waals surface area contributed by atoms with Crippen LogP contribution in [0.2, 0.25) is 5.02 Å². The molecule has 1 fully saturated rings. The Labute approximate surface area is 106 Å². The van der Waals surface area contributed by atoms with Gasteiger partial charge in [-0.2, -0.15) is 0 Å². The van der Waals surface area contributed by atoms with Crippen LogP contribution in [0.1, 0.15) is 18.4 Å². The predicted molar refractivity (Wildman–Crippen MR) is 68.7 cm³/mol. The number of fused-ring (bicyclic) bond motifs is 2. The van der Waals surface area contributed by atoms with Crippen LogP contribution in [0.15, 0.2) is 18.2 Å². The number of hydrogen-bond donors (Lipinski definition) is 2. The zero-order chi connectivity index (χ0) is 11.9. The van der Waals surface area contributed by atoms with Gasteiger partial charge >= 0.3 is 0 Å². The highest BCUT2D eigenvalue weighted by molar-refractivity contribution is 6.30. The van der Waals surface area contributed by atoms with Gasteiger partial charge in [0.05, 0.1) is 6.04 Å². The molecule has 0 bridgehead atoms. The number of anilines is 1. The van der Waals surface area contributed by atoms with Crippen LogP contribution in [0.4, 0.5) is 5.69 Å². The molecule has 90 valence electrons. The number of carbonyl (C=O) groups is 1. The van der Waals surface area contributed by atoms with E-state index >= 15 is 0 Å². The normalized spacial score (nSPS) is 25.4. The van der Waals surface area contributed by atoms with Gasteiger partial charge in [0.1, 0.15) is 6.29 Å². The predicted octanol–water partition coefficient (Wildman–Crippen LogP) is 1.95. The molecule has 0 aliphatic carbocycles. The van der Waals surface area contributed by atoms with Crippen molar-refractivity contribution < 1.29 is 4.79 Å². The minimum absolute atomic E-state index is 0.0623. The molecular formula is C13H15ClN2O. The molecule has 2 N–H and O–H groups in total. The van der Waals surface area contributed by atoms with Crippen molar-refractivity contribution in [3.63, 3.8) is 0 Å².